The Morgan fingerprint density at radius 2 is 1.85 bits per heavy atom. The molecule has 8 nitrogen and oxygen atoms in total. The van der Waals surface area contributed by atoms with E-state index >= 15 is 0 Å². The number of aliphatic carboxylic acids is 1. The number of fused-ring (bicyclic) bond motifs is 5. The number of esters is 1. The van der Waals surface area contributed by atoms with E-state index in [0.29, 0.717) is 32.1 Å². The number of allylic oxidation sites excluding steroid dienone is 1. The molecule has 6 atom stereocenters. The monoisotopic (exact) mass is 487 g/mol. The maximum atomic E-state index is 13.6. The van der Waals surface area contributed by atoms with E-state index < -0.39 is 53.5 Å². The zero-order chi connectivity index (χ0) is 27.8. The zero-order valence-electron chi connectivity index (χ0n) is 23.8. The van der Waals surface area contributed by atoms with Crippen LogP contribution in [-0.4, -0.2) is 81.3 Å². The Hall–Kier alpha value is -1.35. The normalized spacial score (nSPS) is 41.1. The van der Waals surface area contributed by atoms with Crippen LogP contribution in [0, 0.1) is 28.6 Å². The third kappa shape index (κ3) is 4.25. The molecule has 3 saturated carbocycles. The maximum Gasteiger partial charge on any atom is 0.306 e. The number of aliphatic hydroxyl groups is 1. The maximum absolute atomic E-state index is 13.6. The summed E-state index contributed by atoms with van der Waals surface area (Å²) < 4.78 is 34.5. The molecular weight excluding hydrogens is 451 g/mol. The number of hydrogen-bond donors (Lipinski definition) is 2. The Balaban J connectivity index is 0.00000400. The summed E-state index contributed by atoms with van der Waals surface area (Å²) in [6, 6.07) is 0. The van der Waals surface area contributed by atoms with Crippen molar-refractivity contribution in [1.82, 2.24) is 0 Å². The zero-order valence-corrected chi connectivity index (χ0v) is 21.8. The van der Waals surface area contributed by atoms with Crippen molar-refractivity contribution in [3.63, 3.8) is 0 Å². The molecule has 0 unspecified atom stereocenters. The van der Waals surface area contributed by atoms with E-state index in [-0.39, 0.29) is 71.7 Å². The van der Waals surface area contributed by atoms with Crippen molar-refractivity contribution < 1.29 is 44.4 Å². The molecule has 4 aliphatic rings. The third-order valence-electron chi connectivity index (χ3n) is 8.87. The van der Waals surface area contributed by atoms with Gasteiger partial charge in [-0.3, -0.25) is 24.0 Å². The van der Waals surface area contributed by atoms with Gasteiger partial charge in [0.2, 0.25) is 5.78 Å². The Kier molecular flexibility index (Phi) is 6.18. The minimum Gasteiger partial charge on any atom is -0.481 e. The molecular formula is C25H32NaO8. The summed E-state index contributed by atoms with van der Waals surface area (Å²) in [5, 5.41) is 20.5. The van der Waals surface area contributed by atoms with Gasteiger partial charge in [-0.15, -0.1) is 0 Å². The first-order valence-corrected chi connectivity index (χ1v) is 11.4. The van der Waals surface area contributed by atoms with Crippen LogP contribution in [0.4, 0.5) is 0 Å². The number of rotatable bonds is 6. The van der Waals surface area contributed by atoms with Crippen molar-refractivity contribution in [1.29, 1.82) is 0 Å². The number of carbonyl (C=O) groups is 5. The van der Waals surface area contributed by atoms with E-state index in [1.54, 1.807) is 13.0 Å². The minimum atomic E-state index is -3.60. The van der Waals surface area contributed by atoms with E-state index in [0.717, 1.165) is 5.57 Å². The molecule has 0 aromatic heterocycles. The van der Waals surface area contributed by atoms with Gasteiger partial charge in [0.25, 0.3) is 0 Å². The van der Waals surface area contributed by atoms with Crippen molar-refractivity contribution in [2.75, 3.05) is 6.61 Å². The van der Waals surface area contributed by atoms with E-state index in [9.17, 15) is 29.1 Å². The van der Waals surface area contributed by atoms with Gasteiger partial charge in [0.1, 0.15) is 11.4 Å². The van der Waals surface area contributed by atoms with Crippen LogP contribution >= 0.6 is 0 Å². The summed E-state index contributed by atoms with van der Waals surface area (Å²) in [5.41, 5.74) is -2.62. The first kappa shape index (κ1) is 21.9. The van der Waals surface area contributed by atoms with Gasteiger partial charge in [-0.1, -0.05) is 19.4 Å². The minimum absolute atomic E-state index is 0. The second-order valence-electron chi connectivity index (χ2n) is 10.4. The van der Waals surface area contributed by atoms with Gasteiger partial charge in [-0.2, -0.15) is 0 Å². The molecule has 0 aromatic rings. The van der Waals surface area contributed by atoms with Crippen molar-refractivity contribution in [2.45, 2.75) is 77.1 Å². The molecule has 3 fully saturated rings. The number of ether oxygens (including phenoxy) is 1. The Morgan fingerprint density at radius 1 is 1.15 bits per heavy atom. The molecule has 9 heteroatoms. The summed E-state index contributed by atoms with van der Waals surface area (Å²) in [7, 11) is 0. The van der Waals surface area contributed by atoms with Crippen LogP contribution < -0.4 is 0 Å². The number of hydrogen-bond acceptors (Lipinski definition) is 7. The average Bonchev–Trinajstić information content (AvgIpc) is 3.08. The van der Waals surface area contributed by atoms with Crippen LogP contribution in [0.1, 0.15) is 77.0 Å². The molecule has 0 bridgehead atoms. The van der Waals surface area contributed by atoms with Crippen molar-refractivity contribution in [3.05, 3.63) is 11.6 Å². The summed E-state index contributed by atoms with van der Waals surface area (Å²) in [6.45, 7) is 2.62. The Labute approximate surface area is 226 Å². The molecule has 1 radical (unpaired) electrons. The summed E-state index contributed by atoms with van der Waals surface area (Å²) in [5.74, 6) is -5.62. The molecule has 2 N–H and O–H groups in total. The summed E-state index contributed by atoms with van der Waals surface area (Å²) in [6.07, 6.45) is -2.85. The van der Waals surface area contributed by atoms with Gasteiger partial charge in [-0.05, 0) is 55.4 Å². The predicted molar refractivity (Wildman–Crippen MR) is 121 cm³/mol. The number of carbonyl (C=O) groups excluding carboxylic acids is 4. The summed E-state index contributed by atoms with van der Waals surface area (Å²) in [4.78, 5) is 62.1. The molecule has 0 saturated heterocycles. The van der Waals surface area contributed by atoms with Gasteiger partial charge < -0.3 is 14.9 Å². The first-order chi connectivity index (χ1) is 16.9. The molecule has 0 amide bonds. The van der Waals surface area contributed by atoms with Gasteiger partial charge in [0.05, 0.1) is 12.7 Å². The van der Waals surface area contributed by atoms with E-state index in [1.165, 1.54) is 0 Å². The molecule has 4 rings (SSSR count). The topological polar surface area (TPSA) is 135 Å². The summed E-state index contributed by atoms with van der Waals surface area (Å²) >= 11 is 0. The second-order valence-corrected chi connectivity index (χ2v) is 10.4. The Bertz CT molecular complexity index is 1120. The van der Waals surface area contributed by atoms with Crippen molar-refractivity contribution >= 4 is 58.8 Å². The van der Waals surface area contributed by atoms with Crippen LogP contribution in [0.15, 0.2) is 11.6 Å². The van der Waals surface area contributed by atoms with Gasteiger partial charge >= 0.3 is 11.9 Å². The Morgan fingerprint density at radius 3 is 2.53 bits per heavy atom. The largest absolute Gasteiger partial charge is 0.481 e. The average molecular weight is 488 g/mol. The third-order valence-corrected chi connectivity index (χ3v) is 8.87. The number of Topliss-reactive ketones (excluding diaryl/α,β-unsaturated/α-hetero) is 2. The smallest absolute Gasteiger partial charge is 0.306 e. The predicted octanol–water partition coefficient (Wildman–Crippen LogP) is 2.02. The molecule has 0 spiro atoms. The fourth-order valence-corrected chi connectivity index (χ4v) is 7.24. The van der Waals surface area contributed by atoms with Crippen LogP contribution in [0.5, 0.6) is 0 Å². The van der Waals surface area contributed by atoms with Crippen molar-refractivity contribution in [3.8, 4) is 0 Å². The van der Waals surface area contributed by atoms with E-state index in [1.807, 2.05) is 6.92 Å². The fraction of sp³-hybridized carbons (Fsp3) is 0.720. The molecule has 181 valence electrons. The second kappa shape index (κ2) is 9.60. The molecule has 0 aliphatic heterocycles. The van der Waals surface area contributed by atoms with Crippen LogP contribution in [0.2, 0.25) is 0 Å². The van der Waals surface area contributed by atoms with Gasteiger partial charge in [0.15, 0.2) is 12.4 Å². The number of ketones is 3. The molecule has 4 aliphatic carbocycles. The van der Waals surface area contributed by atoms with Gasteiger partial charge in [-0.25, -0.2) is 0 Å². The molecule has 34 heavy (non-hydrogen) atoms. The quantitative estimate of drug-likeness (QED) is 0.429. The van der Waals surface area contributed by atoms with E-state index in [4.69, 9.17) is 10.6 Å². The standard InChI is InChI=1S/C25H32O8.Na/c1-23-9-7-15(26)11-14(23)3-4-16-17-8-10-25(32,24(17,2)12-18(27)22(16)23)19(28)13-33-21(31)6-5-20(29)30;/h11,16-17,22,32H,3-10,12-13H2,1-2H3,(H,29,30);/t16-,17-,22+,23-,24-,25-;/m0./s1/i5D2,6D2;. The van der Waals surface area contributed by atoms with Crippen LogP contribution in [0.25, 0.3) is 0 Å². The molecule has 0 heterocycles. The number of carboxylic acid groups (broad SMARTS) is 1. The van der Waals surface area contributed by atoms with Crippen LogP contribution in [0.3, 0.4) is 0 Å². The molecule has 0 aromatic carbocycles. The van der Waals surface area contributed by atoms with Crippen LogP contribution in [-0.2, 0) is 28.7 Å². The van der Waals surface area contributed by atoms with Crippen molar-refractivity contribution in [2.24, 2.45) is 28.6 Å². The first-order valence-electron chi connectivity index (χ1n) is 13.4. The van der Waals surface area contributed by atoms with Gasteiger partial charge in [0, 0.05) is 59.2 Å². The fourth-order valence-electron chi connectivity index (χ4n) is 7.24. The number of carboxylic acids is 1. The van der Waals surface area contributed by atoms with E-state index in [2.05, 4.69) is 4.74 Å². The SMILES string of the molecule is [2H]C([2H])(C(=O)O)C([2H])([2H])C(=O)OCC(=O)[C@@]1(O)CC[C@H]2[C@@H]3CCC4=CC(=O)CC[C@]4(C)[C@H]3C(=O)C[C@@]21C.[Na].